The molecule has 1 amide bonds. The van der Waals surface area contributed by atoms with E-state index < -0.39 is 17.8 Å². The summed E-state index contributed by atoms with van der Waals surface area (Å²) in [6, 6.07) is 15.8. The van der Waals surface area contributed by atoms with E-state index in [1.807, 2.05) is 44.2 Å². The highest BCUT2D eigenvalue weighted by Crippen LogP contribution is 2.32. The first-order chi connectivity index (χ1) is 14.5. The quantitative estimate of drug-likeness (QED) is 0.316. The molecule has 0 unspecified atom stereocenters. The van der Waals surface area contributed by atoms with E-state index in [2.05, 4.69) is 4.98 Å². The van der Waals surface area contributed by atoms with Crippen molar-refractivity contribution in [2.24, 2.45) is 11.8 Å². The molecule has 2 aromatic carbocycles. The zero-order valence-corrected chi connectivity index (χ0v) is 16.9. The predicted molar refractivity (Wildman–Crippen MR) is 112 cm³/mol. The van der Waals surface area contributed by atoms with Gasteiger partial charge in [-0.05, 0) is 17.5 Å². The number of carbonyl (C=O) groups is 2. The minimum Gasteiger partial charge on any atom is -0.465 e. The number of hydrogen-bond acceptors (Lipinski definition) is 4. The van der Waals surface area contributed by atoms with Gasteiger partial charge < -0.3 is 9.30 Å². The molecule has 1 atom stereocenters. The van der Waals surface area contributed by atoms with Crippen molar-refractivity contribution < 1.29 is 18.8 Å². The van der Waals surface area contributed by atoms with Crippen LogP contribution in [-0.4, -0.2) is 28.0 Å². The van der Waals surface area contributed by atoms with E-state index in [4.69, 9.17) is 4.74 Å². The summed E-state index contributed by atoms with van der Waals surface area (Å²) in [6.07, 6.45) is 4.60. The van der Waals surface area contributed by atoms with Crippen molar-refractivity contribution in [3.05, 3.63) is 73.3 Å². The van der Waals surface area contributed by atoms with Crippen molar-refractivity contribution >= 4 is 17.6 Å². The average molecular weight is 409 g/mol. The van der Waals surface area contributed by atoms with Gasteiger partial charge in [0.05, 0.1) is 18.6 Å². The molecule has 0 radical (unpaired) electrons. The highest BCUT2D eigenvalue weighted by atomic mass is 19.2. The second kappa shape index (κ2) is 9.82. The number of amides is 1. The summed E-state index contributed by atoms with van der Waals surface area (Å²) < 4.78 is 22.2. The number of aromatic nitrogens is 2. The van der Waals surface area contributed by atoms with Crippen LogP contribution in [-0.2, 0) is 20.9 Å². The number of halogens is 1. The average Bonchev–Trinajstić information content (AvgIpc) is 3.29. The second-order valence-electron chi connectivity index (χ2n) is 7.34. The Hall–Kier alpha value is -3.48. The Morgan fingerprint density at radius 2 is 1.80 bits per heavy atom. The summed E-state index contributed by atoms with van der Waals surface area (Å²) in [5.74, 6) is -2.99. The Morgan fingerprint density at radius 1 is 1.10 bits per heavy atom. The number of esters is 1. The van der Waals surface area contributed by atoms with Crippen LogP contribution in [0.15, 0.2) is 73.3 Å². The van der Waals surface area contributed by atoms with Crippen LogP contribution in [0.3, 0.4) is 0 Å². The standard InChI is InChI=1S/C23H24FN3O3/c1-17(2)15-30-23(29)20(14-26-13-12-25-16-26)22(28)27(24)21-11-7-6-10-19(21)18-8-4-3-5-9-18/h3-13,16-17,20H,14-15H2,1-2H3/t20-/m0/s1. The van der Waals surface area contributed by atoms with Gasteiger partial charge in [-0.25, -0.2) is 4.98 Å². The Balaban J connectivity index is 1.89. The largest absolute Gasteiger partial charge is 0.465 e. The molecule has 156 valence electrons. The van der Waals surface area contributed by atoms with Gasteiger partial charge in [-0.2, -0.15) is 0 Å². The van der Waals surface area contributed by atoms with Crippen LogP contribution in [0.2, 0.25) is 0 Å². The lowest BCUT2D eigenvalue weighted by Gasteiger charge is -2.22. The second-order valence-corrected chi connectivity index (χ2v) is 7.34. The van der Waals surface area contributed by atoms with Crippen molar-refractivity contribution in [2.75, 3.05) is 11.7 Å². The molecule has 0 N–H and O–H groups in total. The van der Waals surface area contributed by atoms with Gasteiger partial charge in [0.1, 0.15) is 0 Å². The summed E-state index contributed by atoms with van der Waals surface area (Å²) in [5.41, 5.74) is 1.38. The van der Waals surface area contributed by atoms with Gasteiger partial charge in [-0.15, -0.1) is 5.12 Å². The van der Waals surface area contributed by atoms with Crippen LogP contribution >= 0.6 is 0 Å². The van der Waals surface area contributed by atoms with Crippen molar-refractivity contribution in [1.29, 1.82) is 0 Å². The number of nitrogens with zero attached hydrogens (tertiary/aromatic N) is 3. The van der Waals surface area contributed by atoms with E-state index in [1.54, 1.807) is 29.0 Å². The fourth-order valence-electron chi connectivity index (χ4n) is 2.97. The Labute approximate surface area is 174 Å². The zero-order chi connectivity index (χ0) is 21.5. The highest BCUT2D eigenvalue weighted by Gasteiger charge is 2.35. The van der Waals surface area contributed by atoms with E-state index in [0.717, 1.165) is 5.56 Å². The number of benzene rings is 2. The third-order valence-corrected chi connectivity index (χ3v) is 4.49. The van der Waals surface area contributed by atoms with Crippen LogP contribution in [0.1, 0.15) is 13.8 Å². The van der Waals surface area contributed by atoms with E-state index >= 15 is 4.48 Å². The topological polar surface area (TPSA) is 64.4 Å². The number of hydrogen-bond donors (Lipinski definition) is 0. The van der Waals surface area contributed by atoms with E-state index in [0.29, 0.717) is 5.56 Å². The minimum atomic E-state index is -1.34. The number of rotatable bonds is 8. The lowest BCUT2D eigenvalue weighted by atomic mass is 10.0. The SMILES string of the molecule is CC(C)COC(=O)[C@@H](Cn1ccnc1)C(=O)N(F)c1ccccc1-c1ccccc1. The molecule has 0 spiro atoms. The monoisotopic (exact) mass is 409 g/mol. The number of carbonyl (C=O) groups excluding carboxylic acids is 2. The maximum atomic E-state index is 15.4. The molecule has 0 saturated heterocycles. The fraction of sp³-hybridized carbons (Fsp3) is 0.261. The molecule has 1 heterocycles. The smallest absolute Gasteiger partial charge is 0.320 e. The van der Waals surface area contributed by atoms with Crippen molar-refractivity contribution in [2.45, 2.75) is 20.4 Å². The first-order valence-corrected chi connectivity index (χ1v) is 9.74. The van der Waals surface area contributed by atoms with Crippen LogP contribution < -0.4 is 5.12 Å². The van der Waals surface area contributed by atoms with Crippen molar-refractivity contribution in [1.82, 2.24) is 9.55 Å². The molecule has 30 heavy (non-hydrogen) atoms. The molecule has 3 rings (SSSR count). The third-order valence-electron chi connectivity index (χ3n) is 4.49. The van der Waals surface area contributed by atoms with Crippen molar-refractivity contribution in [3.8, 4) is 11.1 Å². The molecule has 6 nitrogen and oxygen atoms in total. The summed E-state index contributed by atoms with van der Waals surface area (Å²) in [5, 5.41) is 0.0422. The summed E-state index contributed by atoms with van der Waals surface area (Å²) in [7, 11) is 0. The Bertz CT molecular complexity index is 974. The van der Waals surface area contributed by atoms with Gasteiger partial charge in [0.2, 0.25) is 0 Å². The van der Waals surface area contributed by atoms with E-state index in [1.165, 1.54) is 18.6 Å². The fourth-order valence-corrected chi connectivity index (χ4v) is 2.97. The third kappa shape index (κ3) is 5.11. The van der Waals surface area contributed by atoms with Crippen LogP contribution in [0.25, 0.3) is 11.1 Å². The van der Waals surface area contributed by atoms with Crippen molar-refractivity contribution in [3.63, 3.8) is 0 Å². The minimum absolute atomic E-state index is 0.0422. The van der Waals surface area contributed by atoms with Crippen LogP contribution in [0, 0.1) is 11.8 Å². The van der Waals surface area contributed by atoms with Gasteiger partial charge in [0, 0.05) is 24.5 Å². The molecule has 0 bridgehead atoms. The molecule has 7 heteroatoms. The molecule has 0 saturated carbocycles. The molecule has 0 aliphatic rings. The molecule has 1 aromatic heterocycles. The lowest BCUT2D eigenvalue weighted by Crippen LogP contribution is -2.38. The van der Waals surface area contributed by atoms with Crippen LogP contribution in [0.5, 0.6) is 0 Å². The molecular weight excluding hydrogens is 385 g/mol. The van der Waals surface area contributed by atoms with E-state index in [9.17, 15) is 9.59 Å². The molecular formula is C23H24FN3O3. The summed E-state index contributed by atoms with van der Waals surface area (Å²) >= 11 is 0. The highest BCUT2D eigenvalue weighted by molar-refractivity contribution is 6.06. The summed E-state index contributed by atoms with van der Waals surface area (Å²) in [6.45, 7) is 3.86. The number of ether oxygens (including phenoxy) is 1. The Kier molecular flexibility index (Phi) is 6.95. The van der Waals surface area contributed by atoms with E-state index in [-0.39, 0.29) is 29.9 Å². The predicted octanol–water partition coefficient (Wildman–Crippen LogP) is 4.28. The zero-order valence-electron chi connectivity index (χ0n) is 16.9. The number of anilines is 1. The van der Waals surface area contributed by atoms with Gasteiger partial charge in [0.25, 0.3) is 5.91 Å². The molecule has 0 aliphatic heterocycles. The van der Waals surface area contributed by atoms with Gasteiger partial charge >= 0.3 is 5.97 Å². The Morgan fingerprint density at radius 3 is 2.47 bits per heavy atom. The molecule has 3 aromatic rings. The maximum absolute atomic E-state index is 15.4. The maximum Gasteiger partial charge on any atom is 0.320 e. The van der Waals surface area contributed by atoms with Crippen LogP contribution in [0.4, 0.5) is 10.2 Å². The molecule has 0 aliphatic carbocycles. The number of imidazole rings is 1. The number of para-hydroxylation sites is 1. The normalized spacial score (nSPS) is 11.9. The van der Waals surface area contributed by atoms with Gasteiger partial charge in [-0.3, -0.25) is 9.59 Å². The first-order valence-electron chi connectivity index (χ1n) is 9.74. The first kappa shape index (κ1) is 21.2. The van der Waals surface area contributed by atoms with Gasteiger partial charge in [0.15, 0.2) is 5.92 Å². The molecule has 0 fully saturated rings. The lowest BCUT2D eigenvalue weighted by molar-refractivity contribution is -0.154. The summed E-state index contributed by atoms with van der Waals surface area (Å²) in [4.78, 5) is 29.6. The van der Waals surface area contributed by atoms with Gasteiger partial charge in [-0.1, -0.05) is 66.9 Å².